The molecule has 1 aliphatic heterocycles. The van der Waals surface area contributed by atoms with E-state index in [2.05, 4.69) is 65.1 Å². The van der Waals surface area contributed by atoms with Crippen molar-refractivity contribution < 1.29 is 4.52 Å². The number of nitrogens with zero attached hydrogens (tertiary/aromatic N) is 5. The third-order valence-electron chi connectivity index (χ3n) is 5.16. The minimum atomic E-state index is 0.0814. The van der Waals surface area contributed by atoms with Crippen LogP contribution < -0.4 is 0 Å². The molecule has 3 aromatic rings. The second-order valence-corrected chi connectivity index (χ2v) is 7.29. The van der Waals surface area contributed by atoms with Gasteiger partial charge in [-0.15, -0.1) is 0 Å². The number of aryl methyl sites for hydroxylation is 2. The molecule has 0 saturated carbocycles. The van der Waals surface area contributed by atoms with Crippen LogP contribution in [-0.4, -0.2) is 36.3 Å². The van der Waals surface area contributed by atoms with E-state index in [9.17, 15) is 0 Å². The molecule has 0 radical (unpaired) electrons. The lowest BCUT2D eigenvalue weighted by Gasteiger charge is -2.34. The summed E-state index contributed by atoms with van der Waals surface area (Å²) in [5.41, 5.74) is 5.58. The Kier molecular flexibility index (Phi) is 4.40. The van der Waals surface area contributed by atoms with Gasteiger partial charge in [-0.1, -0.05) is 19.0 Å². The van der Waals surface area contributed by atoms with Crippen LogP contribution in [0.2, 0.25) is 0 Å². The fraction of sp³-hybridized carbons (Fsp3) is 0.526. The summed E-state index contributed by atoms with van der Waals surface area (Å²) in [6.07, 6.45) is 4.90. The summed E-state index contributed by atoms with van der Waals surface area (Å²) in [7, 11) is 0. The minimum absolute atomic E-state index is 0.0814. The van der Waals surface area contributed by atoms with E-state index in [-0.39, 0.29) is 6.04 Å². The molecule has 4 heterocycles. The summed E-state index contributed by atoms with van der Waals surface area (Å²) in [5.74, 6) is 1.27. The molecule has 1 atom stereocenters. The van der Waals surface area contributed by atoms with Crippen molar-refractivity contribution in [2.45, 2.75) is 59.2 Å². The highest BCUT2D eigenvalue weighted by Crippen LogP contribution is 2.35. The van der Waals surface area contributed by atoms with Crippen molar-refractivity contribution >= 4 is 0 Å². The molecule has 0 aliphatic carbocycles. The van der Waals surface area contributed by atoms with Gasteiger partial charge in [0.2, 0.25) is 0 Å². The number of hydrogen-bond acceptors (Lipinski definition) is 5. The average Bonchev–Trinajstić information content (AvgIpc) is 3.34. The monoisotopic (exact) mass is 354 g/mol. The predicted molar refractivity (Wildman–Crippen MR) is 97.8 cm³/mol. The van der Waals surface area contributed by atoms with E-state index in [4.69, 9.17) is 4.52 Å². The third kappa shape index (κ3) is 2.96. The Balaban J connectivity index is 1.69. The zero-order valence-electron chi connectivity index (χ0n) is 15.9. The Morgan fingerprint density at radius 2 is 2.23 bits per heavy atom. The van der Waals surface area contributed by atoms with Crippen LogP contribution >= 0.6 is 0 Å². The van der Waals surface area contributed by atoms with Gasteiger partial charge in [-0.3, -0.25) is 9.58 Å². The Hall–Kier alpha value is -2.41. The summed E-state index contributed by atoms with van der Waals surface area (Å²) in [5, 5.41) is 8.85. The summed E-state index contributed by atoms with van der Waals surface area (Å²) >= 11 is 0. The van der Waals surface area contributed by atoms with Crippen molar-refractivity contribution in [2.75, 3.05) is 6.54 Å². The zero-order chi connectivity index (χ0) is 18.3. The molecule has 0 fully saturated rings. The van der Waals surface area contributed by atoms with Gasteiger partial charge in [0.25, 0.3) is 0 Å². The number of aromatic amines is 1. The summed E-state index contributed by atoms with van der Waals surface area (Å²) in [6, 6.07) is 2.15. The first-order valence-electron chi connectivity index (χ1n) is 9.32. The van der Waals surface area contributed by atoms with E-state index in [0.717, 1.165) is 42.4 Å². The highest BCUT2D eigenvalue weighted by atomic mass is 16.5. The van der Waals surface area contributed by atoms with Crippen LogP contribution in [0.5, 0.6) is 0 Å². The van der Waals surface area contributed by atoms with Crippen molar-refractivity contribution in [1.82, 2.24) is 29.8 Å². The highest BCUT2D eigenvalue weighted by molar-refractivity contribution is 5.34. The quantitative estimate of drug-likeness (QED) is 0.761. The summed E-state index contributed by atoms with van der Waals surface area (Å²) < 4.78 is 7.59. The van der Waals surface area contributed by atoms with Gasteiger partial charge in [-0.25, -0.2) is 4.98 Å². The number of H-pyrrole nitrogens is 1. The van der Waals surface area contributed by atoms with Gasteiger partial charge in [0.1, 0.15) is 0 Å². The number of aromatic nitrogens is 5. The van der Waals surface area contributed by atoms with Crippen molar-refractivity contribution in [2.24, 2.45) is 0 Å². The second kappa shape index (κ2) is 6.72. The third-order valence-corrected chi connectivity index (χ3v) is 5.16. The van der Waals surface area contributed by atoms with Crippen LogP contribution in [-0.2, 0) is 19.5 Å². The molecule has 3 aromatic heterocycles. The molecule has 1 N–H and O–H groups in total. The maximum Gasteiger partial charge on any atom is 0.151 e. The molecule has 0 unspecified atom stereocenters. The predicted octanol–water partition coefficient (Wildman–Crippen LogP) is 3.19. The van der Waals surface area contributed by atoms with E-state index in [0.29, 0.717) is 12.5 Å². The molecular formula is C19H26N6O. The van der Waals surface area contributed by atoms with Crippen molar-refractivity contribution in [3.8, 4) is 0 Å². The topological polar surface area (TPSA) is 75.8 Å². The molecule has 26 heavy (non-hydrogen) atoms. The van der Waals surface area contributed by atoms with E-state index in [1.165, 1.54) is 11.3 Å². The lowest BCUT2D eigenvalue weighted by Crippen LogP contribution is -2.36. The minimum Gasteiger partial charge on any atom is -0.360 e. The van der Waals surface area contributed by atoms with Crippen LogP contribution in [0.25, 0.3) is 0 Å². The normalized spacial score (nSPS) is 17.8. The van der Waals surface area contributed by atoms with Crippen molar-refractivity contribution in [1.29, 1.82) is 0 Å². The average molecular weight is 354 g/mol. The SMILES string of the molecule is CCn1cc([C@H]2c3nc[nH]c3CCN2Cc2cc(C(C)C)no2)c(C)n1. The Labute approximate surface area is 153 Å². The van der Waals surface area contributed by atoms with Crippen LogP contribution in [0, 0.1) is 6.92 Å². The summed E-state index contributed by atoms with van der Waals surface area (Å²) in [6.45, 7) is 11.0. The maximum absolute atomic E-state index is 5.60. The number of fused-ring (bicyclic) bond motifs is 1. The first kappa shape index (κ1) is 17.0. The molecule has 0 saturated heterocycles. The summed E-state index contributed by atoms with van der Waals surface area (Å²) in [4.78, 5) is 10.4. The van der Waals surface area contributed by atoms with Gasteiger partial charge in [-0.05, 0) is 19.8 Å². The van der Waals surface area contributed by atoms with Crippen molar-refractivity contribution in [3.05, 3.63) is 52.7 Å². The molecular weight excluding hydrogens is 328 g/mol. The van der Waals surface area contributed by atoms with Gasteiger partial charge < -0.3 is 9.51 Å². The molecule has 4 rings (SSSR count). The van der Waals surface area contributed by atoms with E-state index < -0.39 is 0 Å². The van der Waals surface area contributed by atoms with Gasteiger partial charge in [0.05, 0.1) is 36.0 Å². The van der Waals surface area contributed by atoms with Crippen LogP contribution in [0.4, 0.5) is 0 Å². The first-order chi connectivity index (χ1) is 12.6. The Bertz CT molecular complexity index is 890. The molecule has 0 spiro atoms. The lowest BCUT2D eigenvalue weighted by molar-refractivity contribution is 0.177. The van der Waals surface area contributed by atoms with Gasteiger partial charge >= 0.3 is 0 Å². The standard InChI is InChI=1S/C19H26N6O/c1-5-25-10-15(13(4)22-25)19-18-16(20-11-21-18)6-7-24(19)9-14-8-17(12(2)3)23-26-14/h8,10-12,19H,5-7,9H2,1-4H3,(H,20,21)/t19-/m0/s1. The zero-order valence-corrected chi connectivity index (χ0v) is 15.9. The Morgan fingerprint density at radius 3 is 2.92 bits per heavy atom. The molecule has 0 amide bonds. The number of nitrogens with one attached hydrogen (secondary N) is 1. The number of hydrogen-bond donors (Lipinski definition) is 1. The number of imidazole rings is 1. The fourth-order valence-electron chi connectivity index (χ4n) is 3.68. The van der Waals surface area contributed by atoms with Crippen LogP contribution in [0.3, 0.4) is 0 Å². The van der Waals surface area contributed by atoms with Gasteiger partial charge in [-0.2, -0.15) is 5.10 Å². The van der Waals surface area contributed by atoms with Gasteiger partial charge in [0.15, 0.2) is 5.76 Å². The van der Waals surface area contributed by atoms with E-state index in [1.54, 1.807) is 6.33 Å². The largest absolute Gasteiger partial charge is 0.360 e. The van der Waals surface area contributed by atoms with Crippen LogP contribution in [0.1, 0.15) is 66.8 Å². The second-order valence-electron chi connectivity index (χ2n) is 7.29. The molecule has 7 heteroatoms. The smallest absolute Gasteiger partial charge is 0.151 e. The Morgan fingerprint density at radius 1 is 1.38 bits per heavy atom. The fourth-order valence-corrected chi connectivity index (χ4v) is 3.68. The first-order valence-corrected chi connectivity index (χ1v) is 9.32. The van der Waals surface area contributed by atoms with E-state index in [1.807, 2.05) is 4.68 Å². The maximum atomic E-state index is 5.60. The number of rotatable bonds is 5. The molecule has 1 aliphatic rings. The molecule has 0 bridgehead atoms. The molecule has 138 valence electrons. The van der Waals surface area contributed by atoms with Crippen molar-refractivity contribution in [3.63, 3.8) is 0 Å². The highest BCUT2D eigenvalue weighted by Gasteiger charge is 2.33. The lowest BCUT2D eigenvalue weighted by atomic mass is 9.96. The molecule has 7 nitrogen and oxygen atoms in total. The molecule has 0 aromatic carbocycles. The van der Waals surface area contributed by atoms with Gasteiger partial charge in [0, 0.05) is 43.0 Å². The van der Waals surface area contributed by atoms with E-state index >= 15 is 0 Å². The van der Waals surface area contributed by atoms with Crippen LogP contribution in [0.15, 0.2) is 23.1 Å².